The van der Waals surface area contributed by atoms with Gasteiger partial charge in [-0.05, 0) is 44.0 Å². The maximum Gasteiger partial charge on any atom is 0.245 e. The van der Waals surface area contributed by atoms with E-state index in [1.807, 2.05) is 19.1 Å². The lowest BCUT2D eigenvalue weighted by Crippen LogP contribution is -2.54. The van der Waals surface area contributed by atoms with Gasteiger partial charge in [0.25, 0.3) is 0 Å². The van der Waals surface area contributed by atoms with Gasteiger partial charge < -0.3 is 10.2 Å². The number of carbonyl (C=O) groups is 1. The molecular weight excluding hydrogens is 400 g/mol. The van der Waals surface area contributed by atoms with Crippen molar-refractivity contribution in [2.24, 2.45) is 0 Å². The normalized spacial score (nSPS) is 20.9. The lowest BCUT2D eigenvalue weighted by Gasteiger charge is -2.35. The van der Waals surface area contributed by atoms with Crippen LogP contribution >= 0.6 is 12.4 Å². The van der Waals surface area contributed by atoms with Crippen LogP contribution in [0.2, 0.25) is 0 Å². The summed E-state index contributed by atoms with van der Waals surface area (Å²) in [5.41, 5.74) is 1.49. The summed E-state index contributed by atoms with van der Waals surface area (Å²) in [5, 5.41) is 4.03. The van der Waals surface area contributed by atoms with Crippen molar-refractivity contribution in [3.8, 4) is 0 Å². The predicted octanol–water partition coefficient (Wildman–Crippen LogP) is 1.55. The largest absolute Gasteiger partial charge is 0.339 e. The van der Waals surface area contributed by atoms with Gasteiger partial charge >= 0.3 is 0 Å². The van der Waals surface area contributed by atoms with E-state index >= 15 is 0 Å². The Morgan fingerprint density at radius 2 is 1.96 bits per heavy atom. The second-order valence-electron chi connectivity index (χ2n) is 7.22. The number of nitrogens with zero attached hydrogens (tertiary/aromatic N) is 3. The van der Waals surface area contributed by atoms with E-state index in [0.29, 0.717) is 31.7 Å². The van der Waals surface area contributed by atoms with E-state index in [-0.39, 0.29) is 29.3 Å². The Bertz CT molecular complexity index is 968. The number of aryl methyl sites for hydroxylation is 1. The highest BCUT2D eigenvalue weighted by molar-refractivity contribution is 7.89. The Morgan fingerprint density at radius 1 is 1.21 bits per heavy atom. The number of amides is 1. The van der Waals surface area contributed by atoms with Crippen LogP contribution in [0.1, 0.15) is 18.4 Å². The first-order valence-electron chi connectivity index (χ1n) is 9.34. The maximum atomic E-state index is 13.2. The minimum Gasteiger partial charge on any atom is -0.339 e. The molecule has 1 aromatic heterocycles. The summed E-state index contributed by atoms with van der Waals surface area (Å²) >= 11 is 0. The van der Waals surface area contributed by atoms with Gasteiger partial charge in [-0.2, -0.15) is 4.31 Å². The van der Waals surface area contributed by atoms with Crippen molar-refractivity contribution in [1.29, 1.82) is 0 Å². The third-order valence-corrected chi connectivity index (χ3v) is 7.27. The fourth-order valence-corrected chi connectivity index (χ4v) is 5.44. The Hall–Kier alpha value is -1.74. The van der Waals surface area contributed by atoms with Crippen LogP contribution in [0.3, 0.4) is 0 Å². The van der Waals surface area contributed by atoms with Gasteiger partial charge in [-0.3, -0.25) is 9.78 Å². The molecule has 0 saturated carbocycles. The number of aromatic nitrogens is 1. The molecule has 152 valence electrons. The standard InChI is InChI=1S/C19H24N4O3S.ClH/c1-14-12-15-4-2-6-17(18(15)21-13-14)27(25,26)23-10-8-22(9-11-23)19(24)16-5-3-7-20-16;/h2,4,6,12-13,16,20H,3,5,7-11H2,1H3;1H. The Kier molecular flexibility index (Phi) is 6.24. The monoisotopic (exact) mass is 424 g/mol. The fraction of sp³-hybridized carbons (Fsp3) is 0.474. The van der Waals surface area contributed by atoms with Gasteiger partial charge in [-0.25, -0.2) is 8.42 Å². The molecule has 1 amide bonds. The third kappa shape index (κ3) is 3.87. The molecule has 0 spiro atoms. The van der Waals surface area contributed by atoms with Crippen molar-refractivity contribution in [3.63, 3.8) is 0 Å². The number of piperazine rings is 1. The summed E-state index contributed by atoms with van der Waals surface area (Å²) in [6, 6.07) is 7.06. The molecule has 4 rings (SSSR count). The second kappa shape index (κ2) is 8.32. The number of fused-ring (bicyclic) bond motifs is 1. The minimum atomic E-state index is -3.65. The molecule has 1 atom stereocenters. The van der Waals surface area contributed by atoms with Crippen LogP contribution in [-0.2, 0) is 14.8 Å². The average molecular weight is 425 g/mol. The van der Waals surface area contributed by atoms with E-state index in [9.17, 15) is 13.2 Å². The molecule has 2 aromatic rings. The van der Waals surface area contributed by atoms with Crippen LogP contribution in [0.4, 0.5) is 0 Å². The molecule has 1 unspecified atom stereocenters. The SMILES string of the molecule is Cc1cnc2c(S(=O)(=O)N3CCN(C(=O)C4CCCN4)CC3)cccc2c1.Cl. The number of nitrogens with one attached hydrogen (secondary N) is 1. The average Bonchev–Trinajstić information content (AvgIpc) is 3.21. The summed E-state index contributed by atoms with van der Waals surface area (Å²) in [5.74, 6) is 0.0897. The Balaban J connectivity index is 0.00000225. The van der Waals surface area contributed by atoms with Crippen molar-refractivity contribution < 1.29 is 13.2 Å². The molecule has 2 aliphatic heterocycles. The van der Waals surface area contributed by atoms with Crippen molar-refractivity contribution in [3.05, 3.63) is 36.0 Å². The molecule has 1 N–H and O–H groups in total. The summed E-state index contributed by atoms with van der Waals surface area (Å²) in [7, 11) is -3.65. The van der Waals surface area contributed by atoms with E-state index < -0.39 is 10.0 Å². The van der Waals surface area contributed by atoms with Gasteiger partial charge in [-0.15, -0.1) is 12.4 Å². The number of benzene rings is 1. The number of hydrogen-bond donors (Lipinski definition) is 1. The van der Waals surface area contributed by atoms with E-state index in [4.69, 9.17) is 0 Å². The number of sulfonamides is 1. The lowest BCUT2D eigenvalue weighted by atomic mass is 10.2. The molecule has 0 bridgehead atoms. The first-order valence-corrected chi connectivity index (χ1v) is 10.8. The van der Waals surface area contributed by atoms with Gasteiger partial charge in [-0.1, -0.05) is 12.1 Å². The summed E-state index contributed by atoms with van der Waals surface area (Å²) in [6.45, 7) is 4.27. The Morgan fingerprint density at radius 3 is 2.64 bits per heavy atom. The quantitative estimate of drug-likeness (QED) is 0.808. The number of hydrogen-bond acceptors (Lipinski definition) is 5. The van der Waals surface area contributed by atoms with Crippen LogP contribution in [-0.4, -0.2) is 67.3 Å². The maximum absolute atomic E-state index is 13.2. The lowest BCUT2D eigenvalue weighted by molar-refractivity contribution is -0.134. The van der Waals surface area contributed by atoms with E-state index in [1.165, 1.54) is 4.31 Å². The highest BCUT2D eigenvalue weighted by Gasteiger charge is 2.34. The molecule has 7 nitrogen and oxygen atoms in total. The molecule has 2 saturated heterocycles. The van der Waals surface area contributed by atoms with Gasteiger partial charge in [0, 0.05) is 37.8 Å². The van der Waals surface area contributed by atoms with Gasteiger partial charge in [0.15, 0.2) is 0 Å². The number of pyridine rings is 1. The van der Waals surface area contributed by atoms with Crippen molar-refractivity contribution in [2.45, 2.75) is 30.7 Å². The van der Waals surface area contributed by atoms with Crippen molar-refractivity contribution in [2.75, 3.05) is 32.7 Å². The van der Waals surface area contributed by atoms with Crippen LogP contribution in [0.5, 0.6) is 0 Å². The van der Waals surface area contributed by atoms with E-state index in [1.54, 1.807) is 23.2 Å². The van der Waals surface area contributed by atoms with Crippen LogP contribution in [0, 0.1) is 6.92 Å². The molecule has 28 heavy (non-hydrogen) atoms. The molecule has 1 aromatic carbocycles. The summed E-state index contributed by atoms with van der Waals surface area (Å²) < 4.78 is 27.8. The zero-order chi connectivity index (χ0) is 19.0. The van der Waals surface area contributed by atoms with Crippen LogP contribution in [0.15, 0.2) is 35.4 Å². The van der Waals surface area contributed by atoms with Gasteiger partial charge in [0.1, 0.15) is 4.90 Å². The fourth-order valence-electron chi connectivity index (χ4n) is 3.85. The first-order chi connectivity index (χ1) is 13.0. The van der Waals surface area contributed by atoms with Crippen molar-refractivity contribution >= 4 is 39.2 Å². The molecule has 0 radical (unpaired) electrons. The van der Waals surface area contributed by atoms with Gasteiger partial charge in [0.2, 0.25) is 15.9 Å². The molecule has 3 heterocycles. The highest BCUT2D eigenvalue weighted by atomic mass is 35.5. The van der Waals surface area contributed by atoms with Gasteiger partial charge in [0.05, 0.1) is 11.6 Å². The number of halogens is 1. The topological polar surface area (TPSA) is 82.6 Å². The molecule has 2 fully saturated rings. The molecule has 9 heteroatoms. The predicted molar refractivity (Wildman–Crippen MR) is 110 cm³/mol. The van der Waals surface area contributed by atoms with E-state index in [0.717, 1.165) is 30.3 Å². The minimum absolute atomic E-state index is 0. The molecule has 0 aliphatic carbocycles. The number of rotatable bonds is 3. The number of para-hydroxylation sites is 1. The summed E-state index contributed by atoms with van der Waals surface area (Å²) in [4.78, 5) is 18.9. The zero-order valence-electron chi connectivity index (χ0n) is 15.8. The van der Waals surface area contributed by atoms with Crippen molar-refractivity contribution in [1.82, 2.24) is 19.5 Å². The second-order valence-corrected chi connectivity index (χ2v) is 9.13. The van der Waals surface area contributed by atoms with E-state index in [2.05, 4.69) is 10.3 Å². The van der Waals surface area contributed by atoms with Crippen LogP contribution < -0.4 is 5.32 Å². The number of carbonyl (C=O) groups excluding carboxylic acids is 1. The smallest absolute Gasteiger partial charge is 0.245 e. The first kappa shape index (κ1) is 21.0. The summed E-state index contributed by atoms with van der Waals surface area (Å²) in [6.07, 6.45) is 3.56. The molecule has 2 aliphatic rings. The molecular formula is C19H25ClN4O3S. The van der Waals surface area contributed by atoms with Crippen LogP contribution in [0.25, 0.3) is 10.9 Å². The zero-order valence-corrected chi connectivity index (χ0v) is 17.4. The Labute approximate surface area is 171 Å². The third-order valence-electron chi connectivity index (χ3n) is 5.34. The highest BCUT2D eigenvalue weighted by Crippen LogP contribution is 2.25.